The molecule has 0 N–H and O–H groups in total. The van der Waals surface area contributed by atoms with Crippen LogP contribution in [-0.2, 0) is 26.4 Å². The molecule has 0 aliphatic carbocycles. The molecule has 1 heterocycles. The molecule has 8 heteroatoms. The molecule has 0 spiro atoms. The Morgan fingerprint density at radius 3 is 0.975 bits per heavy atom. The molecule has 0 saturated carbocycles. The van der Waals surface area contributed by atoms with Gasteiger partial charge in [-0.25, -0.2) is 9.59 Å². The number of rotatable bonds is 22. The first-order valence-electron chi connectivity index (χ1n) is 43.3. The lowest BCUT2D eigenvalue weighted by Gasteiger charge is -2.34. The van der Waals surface area contributed by atoms with Crippen molar-refractivity contribution in [3.05, 3.63) is 269 Å². The molecule has 121 heavy (non-hydrogen) atoms. The largest absolute Gasteiger partial charge is 0.457 e. The van der Waals surface area contributed by atoms with E-state index in [9.17, 15) is 9.59 Å². The highest BCUT2D eigenvalue weighted by Crippen LogP contribution is 2.59. The minimum Gasteiger partial charge on any atom is -0.457 e. The summed E-state index contributed by atoms with van der Waals surface area (Å²) in [5, 5.41) is 11.6. The number of carbonyl (C=O) groups is 2. The van der Waals surface area contributed by atoms with Crippen molar-refractivity contribution < 1.29 is 33.3 Å². The van der Waals surface area contributed by atoms with E-state index in [1.54, 1.807) is 12.1 Å². The van der Waals surface area contributed by atoms with Crippen molar-refractivity contribution in [1.29, 1.82) is 0 Å². The summed E-state index contributed by atoms with van der Waals surface area (Å²) in [5.41, 5.74) is 13.4. The van der Waals surface area contributed by atoms with E-state index in [0.717, 1.165) is 124 Å². The Bertz CT molecular complexity index is 6430. The van der Waals surface area contributed by atoms with Crippen LogP contribution in [0.3, 0.4) is 0 Å². The minimum absolute atomic E-state index is 0.0305. The molecule has 622 valence electrons. The molecule has 14 aromatic carbocycles. The first kappa shape index (κ1) is 84.8. The van der Waals surface area contributed by atoms with Gasteiger partial charge in [0, 0.05) is 60.5 Å². The van der Waals surface area contributed by atoms with Crippen LogP contribution >= 0.6 is 0 Å². The van der Waals surface area contributed by atoms with E-state index < -0.39 is 11.9 Å². The van der Waals surface area contributed by atoms with E-state index in [0.29, 0.717) is 67.5 Å². The first-order valence-corrected chi connectivity index (χ1v) is 43.3. The number of nitrogens with zero attached hydrogens (tertiary/aromatic N) is 1. The lowest BCUT2D eigenvalue weighted by molar-refractivity contribution is 0.0390. The Morgan fingerprint density at radius 2 is 0.620 bits per heavy atom. The molecule has 0 bridgehead atoms. The summed E-state index contributed by atoms with van der Waals surface area (Å²) < 4.78 is 35.9. The quantitative estimate of drug-likeness (QED) is 0.0218. The van der Waals surface area contributed by atoms with Gasteiger partial charge in [-0.05, 0) is 269 Å². The van der Waals surface area contributed by atoms with Crippen molar-refractivity contribution in [1.82, 2.24) is 0 Å². The summed E-state index contributed by atoms with van der Waals surface area (Å²) >= 11 is 0. The summed E-state index contributed by atoms with van der Waals surface area (Å²) in [7, 11) is 0. The van der Waals surface area contributed by atoms with Gasteiger partial charge < -0.3 is 28.6 Å². The van der Waals surface area contributed by atoms with Gasteiger partial charge in [-0.15, -0.1) is 6.58 Å². The molecule has 0 atom stereocenters. The van der Waals surface area contributed by atoms with Gasteiger partial charge in [0.1, 0.15) is 46.0 Å². The number of carbonyl (C=O) groups excluding carboxylic acids is 2. The zero-order valence-corrected chi connectivity index (χ0v) is 76.5. The van der Waals surface area contributed by atoms with Gasteiger partial charge in [0.25, 0.3) is 0 Å². The number of cyclic esters (lactones) is 2. The number of benzene rings is 14. The number of allylic oxidation sites excluding steroid dienone is 5. The fraction of sp³-hybridized carbons (Fsp3) is 0.345. The van der Waals surface area contributed by atoms with Crippen molar-refractivity contribution in [2.45, 2.75) is 227 Å². The smallest absolute Gasteiger partial charge is 0.346 e. The van der Waals surface area contributed by atoms with E-state index in [-0.39, 0.29) is 59.9 Å². The van der Waals surface area contributed by atoms with Gasteiger partial charge in [0.15, 0.2) is 0 Å². The second-order valence-electron chi connectivity index (χ2n) is 43.4. The predicted octanol–water partition coefficient (Wildman–Crippen LogP) is 33.9. The van der Waals surface area contributed by atoms with E-state index in [4.69, 9.17) is 23.7 Å². The zero-order chi connectivity index (χ0) is 87.1. The van der Waals surface area contributed by atoms with E-state index in [2.05, 4.69) is 367 Å². The average Bonchev–Trinajstić information content (AvgIpc) is 0.673. The second-order valence-corrected chi connectivity index (χ2v) is 43.4. The Kier molecular flexibility index (Phi) is 21.3. The molecule has 0 fully saturated rings. The van der Waals surface area contributed by atoms with Crippen LogP contribution in [0.15, 0.2) is 224 Å². The monoisotopic (exact) mass is 1610 g/mol. The average molecular weight is 1610 g/mol. The van der Waals surface area contributed by atoms with Crippen molar-refractivity contribution in [3.8, 4) is 46.0 Å². The van der Waals surface area contributed by atoms with Crippen LogP contribution in [-0.4, -0.2) is 11.9 Å². The lowest BCUT2D eigenvalue weighted by atomic mass is 9.72. The molecule has 0 saturated heterocycles. The number of fused-ring (bicyclic) bond motifs is 4. The molecule has 1 aliphatic rings. The Hall–Kier alpha value is -11.2. The molecule has 0 unspecified atom stereocenters. The number of hydrogen-bond donors (Lipinski definition) is 0. The fourth-order valence-electron chi connectivity index (χ4n) is 20.7. The minimum atomic E-state index is -0.762. The molecule has 14 aromatic rings. The van der Waals surface area contributed by atoms with Crippen molar-refractivity contribution in [2.24, 2.45) is 27.1 Å². The van der Waals surface area contributed by atoms with Gasteiger partial charge in [-0.2, -0.15) is 0 Å². The maximum atomic E-state index is 14.8. The molecule has 8 nitrogen and oxygen atoms in total. The van der Waals surface area contributed by atoms with Crippen LogP contribution < -0.4 is 23.8 Å². The Balaban J connectivity index is 1.09. The summed E-state index contributed by atoms with van der Waals surface area (Å²) in [6.07, 6.45) is 8.40. The number of ether oxygens (including phenoxy) is 5. The Morgan fingerprint density at radius 1 is 0.322 bits per heavy atom. The van der Waals surface area contributed by atoms with Crippen LogP contribution in [0.2, 0.25) is 0 Å². The van der Waals surface area contributed by atoms with Crippen LogP contribution in [0.5, 0.6) is 46.0 Å². The van der Waals surface area contributed by atoms with E-state index in [1.807, 2.05) is 24.3 Å². The van der Waals surface area contributed by atoms with Crippen molar-refractivity contribution in [2.75, 3.05) is 4.90 Å². The van der Waals surface area contributed by atoms with Crippen molar-refractivity contribution in [3.63, 3.8) is 0 Å². The zero-order valence-electron chi connectivity index (χ0n) is 76.5. The maximum absolute atomic E-state index is 14.8. The normalized spacial score (nSPS) is 13.9. The molecule has 15 rings (SSSR count). The fourth-order valence-corrected chi connectivity index (χ4v) is 20.7. The number of anilines is 3. The van der Waals surface area contributed by atoms with Crippen LogP contribution in [0.1, 0.15) is 260 Å². The lowest BCUT2D eigenvalue weighted by Crippen LogP contribution is -2.24. The SMILES string of the molecule is C=C(C)CC(C)(C)c1ccc(Oc2cc3c4c(cc(Oc5ccc(/C(C)=C/C(C)(C)C)cc5)c5c6ccc7c8c(Oc9ccc(C(C)(C)CC(C)(C)C)cc9)ccc9c(N(c%10ccc(/C(C)=C/C(C)(C)C)cc%10)c%10ccc(C(C)(C)CC(C)(C)C)cc%10)cc(Oc%10ccc(C(C)(C)CC(C)(C)C)cc%10)c(c%10ccc(c2c45)c6c7%10)c98)C(=O)OC3=O)cc1. The molecule has 1 aliphatic heterocycles. The van der Waals surface area contributed by atoms with Crippen LogP contribution in [0.4, 0.5) is 17.1 Å². The summed E-state index contributed by atoms with van der Waals surface area (Å²) in [6, 6.07) is 71.3. The first-order chi connectivity index (χ1) is 56.5. The number of hydrogen-bond acceptors (Lipinski definition) is 8. The summed E-state index contributed by atoms with van der Waals surface area (Å²) in [4.78, 5) is 31.9. The molecular formula is C113H123NO7. The highest BCUT2D eigenvalue weighted by molar-refractivity contribution is 6.46. The van der Waals surface area contributed by atoms with Gasteiger partial charge in [0.2, 0.25) is 0 Å². The predicted molar refractivity (Wildman–Crippen MR) is 512 cm³/mol. The van der Waals surface area contributed by atoms with Crippen LogP contribution in [0, 0.1) is 27.1 Å². The molecule has 0 amide bonds. The third kappa shape index (κ3) is 17.2. The van der Waals surface area contributed by atoms with E-state index in [1.165, 1.54) is 22.3 Å². The second kappa shape index (κ2) is 30.4. The Labute approximate surface area is 718 Å². The van der Waals surface area contributed by atoms with Gasteiger partial charge in [0.05, 0.1) is 16.8 Å². The highest BCUT2D eigenvalue weighted by Gasteiger charge is 2.38. The molecule has 0 aromatic heterocycles. The molecular weight excluding hydrogens is 1480 g/mol. The summed E-state index contributed by atoms with van der Waals surface area (Å²) in [5.74, 6) is 3.08. The van der Waals surface area contributed by atoms with Crippen LogP contribution in [0.25, 0.3) is 86.6 Å². The third-order valence-corrected chi connectivity index (χ3v) is 24.2. The van der Waals surface area contributed by atoms with Crippen molar-refractivity contribution >= 4 is 116 Å². The third-order valence-electron chi connectivity index (χ3n) is 24.2. The maximum Gasteiger partial charge on any atom is 0.346 e. The topological polar surface area (TPSA) is 83.5 Å². The summed E-state index contributed by atoms with van der Waals surface area (Å²) in [6.45, 7) is 63.4. The van der Waals surface area contributed by atoms with Gasteiger partial charge in [-0.3, -0.25) is 0 Å². The van der Waals surface area contributed by atoms with E-state index >= 15 is 0 Å². The van der Waals surface area contributed by atoms with Gasteiger partial charge >= 0.3 is 11.9 Å². The van der Waals surface area contributed by atoms with Gasteiger partial charge in [-0.1, -0.05) is 274 Å². The number of esters is 2. The highest BCUT2D eigenvalue weighted by atomic mass is 16.6. The molecule has 0 radical (unpaired) electrons. The standard InChI is InChI=1S/C113H123NO7/c1-67(2)61-110(20,21)72-34-46-80(47-35-72)119-92-59-88-96-87(103(115)121-104(88)116)58-91(118-78-44-30-71(31-45-78)69(4)63-106(8,9)10)99-85-54-52-83-94-84(53-55-86(95(85)94)100(92)102(96)99)98-93(120-81-50-38-75(39-51-81)113(26,27)66-109(17,18)19)60-89(82-56-57-90(97(83)101(82)98)117-79-48-36-74(37-49-79)112(24,25)65-108(14,15)16)114(76-40-28-70(29-41-76)68(3)62-105(5,6)7)77-42-32-73(33-43-77)111(22,23)64-107(11,12)13/h28-60,62-63H,1,61,64-66H2,2-27H3/b68-62+,69-63+.